The van der Waals surface area contributed by atoms with E-state index in [1.807, 2.05) is 0 Å². The first-order valence-corrected chi connectivity index (χ1v) is 3.75. The van der Waals surface area contributed by atoms with Crippen LogP contribution in [0.3, 0.4) is 0 Å². The summed E-state index contributed by atoms with van der Waals surface area (Å²) in [6, 6.07) is 0.303. The van der Waals surface area contributed by atoms with Crippen molar-refractivity contribution >= 4 is 0 Å². The normalized spacial score (nSPS) is 44.7. The fraction of sp³-hybridized carbons (Fsp3) is 1.00. The van der Waals surface area contributed by atoms with Gasteiger partial charge in [0.15, 0.2) is 0 Å². The maximum absolute atomic E-state index is 5.83. The van der Waals surface area contributed by atoms with Crippen LogP contribution in [0.15, 0.2) is 0 Å². The average Bonchev–Trinajstić information content (AvgIpc) is 1.88. The van der Waals surface area contributed by atoms with Gasteiger partial charge in [0.1, 0.15) is 0 Å². The van der Waals surface area contributed by atoms with Crippen molar-refractivity contribution in [1.29, 1.82) is 0 Å². The van der Waals surface area contributed by atoms with E-state index in [2.05, 4.69) is 20.8 Å². The first kappa shape index (κ1) is 8.02. The number of nitrogens with two attached hydrogens (primary N) is 1. The first-order valence-electron chi connectivity index (χ1n) is 3.75. The molecule has 0 heterocycles. The van der Waals surface area contributed by atoms with E-state index in [9.17, 15) is 0 Å². The van der Waals surface area contributed by atoms with Gasteiger partial charge in [0.05, 0.1) is 5.60 Å². The van der Waals surface area contributed by atoms with Gasteiger partial charge in [0.2, 0.25) is 0 Å². The lowest BCUT2D eigenvalue weighted by atomic mass is 9.56. The van der Waals surface area contributed by atoms with Crippen molar-refractivity contribution in [2.45, 2.75) is 38.8 Å². The Labute approximate surface area is 62.7 Å². The highest BCUT2D eigenvalue weighted by molar-refractivity contribution is 5.09. The first-order chi connectivity index (χ1) is 4.44. The van der Waals surface area contributed by atoms with Crippen LogP contribution in [0.2, 0.25) is 0 Å². The van der Waals surface area contributed by atoms with Crippen molar-refractivity contribution < 1.29 is 4.74 Å². The van der Waals surface area contributed by atoms with Crippen LogP contribution in [0.25, 0.3) is 0 Å². The van der Waals surface area contributed by atoms with Crippen LogP contribution in [0.5, 0.6) is 0 Å². The number of hydrogen-bond donors (Lipinski definition) is 1. The fourth-order valence-corrected chi connectivity index (χ4v) is 1.55. The van der Waals surface area contributed by atoms with Crippen LogP contribution in [0.4, 0.5) is 0 Å². The highest BCUT2D eigenvalue weighted by Gasteiger charge is 2.55. The third kappa shape index (κ3) is 0.722. The van der Waals surface area contributed by atoms with Crippen LogP contribution in [-0.2, 0) is 4.74 Å². The molecule has 0 amide bonds. The molecule has 10 heavy (non-hydrogen) atoms. The predicted octanol–water partition coefficient (Wildman–Crippen LogP) is 1.15. The number of methoxy groups -OCH3 is 1. The van der Waals surface area contributed by atoms with Gasteiger partial charge in [-0.1, -0.05) is 13.8 Å². The van der Waals surface area contributed by atoms with Gasteiger partial charge in [0, 0.05) is 18.6 Å². The van der Waals surface area contributed by atoms with Gasteiger partial charge in [-0.2, -0.15) is 0 Å². The SMILES string of the molecule is CO[C@]1(C)C[C@@H](N)C1(C)C. The van der Waals surface area contributed by atoms with Gasteiger partial charge in [-0.3, -0.25) is 0 Å². The summed E-state index contributed by atoms with van der Waals surface area (Å²) in [6.07, 6.45) is 0.983. The summed E-state index contributed by atoms with van der Waals surface area (Å²) in [4.78, 5) is 0. The zero-order chi connectivity index (χ0) is 7.99. The van der Waals surface area contributed by atoms with Crippen LogP contribution < -0.4 is 5.73 Å². The molecule has 1 aliphatic rings. The Hall–Kier alpha value is -0.0800. The molecule has 0 aromatic heterocycles. The van der Waals surface area contributed by atoms with Crippen LogP contribution in [-0.4, -0.2) is 18.8 Å². The topological polar surface area (TPSA) is 35.2 Å². The van der Waals surface area contributed by atoms with Gasteiger partial charge < -0.3 is 10.5 Å². The second-order valence-corrected chi connectivity index (χ2v) is 3.97. The second kappa shape index (κ2) is 1.95. The molecule has 1 aliphatic carbocycles. The molecular weight excluding hydrogens is 126 g/mol. The summed E-state index contributed by atoms with van der Waals surface area (Å²) in [5.41, 5.74) is 5.97. The maximum atomic E-state index is 5.83. The summed E-state index contributed by atoms with van der Waals surface area (Å²) in [5.74, 6) is 0. The van der Waals surface area contributed by atoms with E-state index in [1.165, 1.54) is 0 Å². The van der Waals surface area contributed by atoms with Crippen molar-refractivity contribution in [3.05, 3.63) is 0 Å². The molecule has 0 aromatic carbocycles. The molecule has 0 unspecified atom stereocenters. The fourth-order valence-electron chi connectivity index (χ4n) is 1.55. The third-order valence-electron chi connectivity index (χ3n) is 3.35. The Morgan fingerprint density at radius 1 is 1.40 bits per heavy atom. The minimum atomic E-state index is 0.00637. The van der Waals surface area contributed by atoms with Gasteiger partial charge in [-0.05, 0) is 13.3 Å². The van der Waals surface area contributed by atoms with Crippen LogP contribution in [0, 0.1) is 5.41 Å². The molecule has 0 spiro atoms. The van der Waals surface area contributed by atoms with Gasteiger partial charge in [-0.15, -0.1) is 0 Å². The van der Waals surface area contributed by atoms with E-state index < -0.39 is 0 Å². The molecule has 2 atom stereocenters. The molecule has 1 fully saturated rings. The number of rotatable bonds is 1. The standard InChI is InChI=1S/C8H17NO/c1-7(2)6(9)5-8(7,3)10-4/h6H,5,9H2,1-4H3/t6-,8-/m1/s1. The van der Waals surface area contributed by atoms with Crippen LogP contribution in [0.1, 0.15) is 27.2 Å². The summed E-state index contributed by atoms with van der Waals surface area (Å²) in [5, 5.41) is 0. The summed E-state index contributed by atoms with van der Waals surface area (Å²) in [7, 11) is 1.76. The largest absolute Gasteiger partial charge is 0.378 e. The van der Waals surface area contributed by atoms with Crippen molar-refractivity contribution in [3.63, 3.8) is 0 Å². The molecule has 0 aromatic rings. The molecule has 60 valence electrons. The van der Waals surface area contributed by atoms with E-state index in [1.54, 1.807) is 7.11 Å². The zero-order valence-electron chi connectivity index (χ0n) is 7.27. The van der Waals surface area contributed by atoms with E-state index in [4.69, 9.17) is 10.5 Å². The van der Waals surface area contributed by atoms with E-state index in [-0.39, 0.29) is 11.0 Å². The lowest BCUT2D eigenvalue weighted by molar-refractivity contribution is -0.171. The molecule has 2 heteroatoms. The Morgan fingerprint density at radius 3 is 2.00 bits per heavy atom. The van der Waals surface area contributed by atoms with Crippen molar-refractivity contribution in [1.82, 2.24) is 0 Å². The quantitative estimate of drug-likeness (QED) is 0.597. The van der Waals surface area contributed by atoms with Crippen molar-refractivity contribution in [2.24, 2.45) is 11.1 Å². The molecule has 0 bridgehead atoms. The molecule has 0 radical (unpaired) electrons. The maximum Gasteiger partial charge on any atom is 0.0731 e. The van der Waals surface area contributed by atoms with Gasteiger partial charge in [-0.25, -0.2) is 0 Å². The smallest absolute Gasteiger partial charge is 0.0731 e. The molecular formula is C8H17NO. The summed E-state index contributed by atoms with van der Waals surface area (Å²) in [6.45, 7) is 6.44. The Morgan fingerprint density at radius 2 is 1.90 bits per heavy atom. The molecule has 0 saturated heterocycles. The minimum Gasteiger partial charge on any atom is -0.378 e. The average molecular weight is 143 g/mol. The lowest BCUT2D eigenvalue weighted by Crippen LogP contribution is -2.66. The van der Waals surface area contributed by atoms with Crippen LogP contribution >= 0.6 is 0 Å². The molecule has 2 nitrogen and oxygen atoms in total. The highest BCUT2D eigenvalue weighted by Crippen LogP contribution is 2.50. The van der Waals surface area contributed by atoms with Crippen molar-refractivity contribution in [2.75, 3.05) is 7.11 Å². The van der Waals surface area contributed by atoms with E-state index in [0.717, 1.165) is 6.42 Å². The van der Waals surface area contributed by atoms with E-state index in [0.29, 0.717) is 6.04 Å². The Bertz CT molecular complexity index is 141. The van der Waals surface area contributed by atoms with Gasteiger partial charge in [0.25, 0.3) is 0 Å². The Balaban J connectivity index is 2.70. The lowest BCUT2D eigenvalue weighted by Gasteiger charge is -2.57. The molecule has 0 aliphatic heterocycles. The minimum absolute atomic E-state index is 0.00637. The Kier molecular flexibility index (Phi) is 1.57. The second-order valence-electron chi connectivity index (χ2n) is 3.97. The van der Waals surface area contributed by atoms with E-state index >= 15 is 0 Å². The molecule has 1 rings (SSSR count). The summed E-state index contributed by atoms with van der Waals surface area (Å²) < 4.78 is 5.38. The molecule has 2 N–H and O–H groups in total. The zero-order valence-corrected chi connectivity index (χ0v) is 7.27. The van der Waals surface area contributed by atoms with Crippen molar-refractivity contribution in [3.8, 4) is 0 Å². The number of hydrogen-bond acceptors (Lipinski definition) is 2. The number of ether oxygens (including phenoxy) is 1. The molecule has 1 saturated carbocycles. The van der Waals surface area contributed by atoms with Gasteiger partial charge >= 0.3 is 0 Å². The predicted molar refractivity (Wildman–Crippen MR) is 41.8 cm³/mol. The summed E-state index contributed by atoms with van der Waals surface area (Å²) >= 11 is 0. The monoisotopic (exact) mass is 143 g/mol. The highest BCUT2D eigenvalue weighted by atomic mass is 16.5. The third-order valence-corrected chi connectivity index (χ3v) is 3.35.